The van der Waals surface area contributed by atoms with Gasteiger partial charge in [-0.3, -0.25) is 14.9 Å². The average molecular weight is 402 g/mol. The van der Waals surface area contributed by atoms with E-state index in [1.807, 2.05) is 0 Å². The molecule has 1 saturated heterocycles. The standard InChI is InChI=1S/C22H31N3O4/c26-22(24-13-5-6-14-24)18-15-16(11-12-20(18)25(27)28)23-19-9-3-4-10-21(19)29-17-7-1-2-8-17/h11-12,15,17,19,21,23H,1-10,13-14H2. The Hall–Kier alpha value is -2.15. The largest absolute Gasteiger partial charge is 0.380 e. The predicted molar refractivity (Wildman–Crippen MR) is 111 cm³/mol. The first-order chi connectivity index (χ1) is 14.1. The van der Waals surface area contributed by atoms with Crippen molar-refractivity contribution in [3.8, 4) is 0 Å². The van der Waals surface area contributed by atoms with Gasteiger partial charge in [0, 0.05) is 24.8 Å². The molecule has 1 N–H and O–H groups in total. The van der Waals surface area contributed by atoms with Gasteiger partial charge in [0.1, 0.15) is 5.56 Å². The molecule has 1 amide bonds. The number of nitro benzene ring substituents is 1. The highest BCUT2D eigenvalue weighted by atomic mass is 16.6. The van der Waals surface area contributed by atoms with Crippen molar-refractivity contribution >= 4 is 17.3 Å². The number of benzene rings is 1. The van der Waals surface area contributed by atoms with Crippen LogP contribution in [0.25, 0.3) is 0 Å². The van der Waals surface area contributed by atoms with Gasteiger partial charge in [-0.2, -0.15) is 0 Å². The smallest absolute Gasteiger partial charge is 0.282 e. The van der Waals surface area contributed by atoms with Gasteiger partial charge in [0.05, 0.1) is 23.2 Å². The Labute approximate surface area is 171 Å². The van der Waals surface area contributed by atoms with Crippen molar-refractivity contribution in [2.24, 2.45) is 0 Å². The number of hydrogen-bond donors (Lipinski definition) is 1. The Bertz CT molecular complexity index is 742. The predicted octanol–water partition coefficient (Wildman–Crippen LogP) is 4.51. The number of likely N-dealkylation sites (tertiary alicyclic amines) is 1. The zero-order valence-corrected chi connectivity index (χ0v) is 17.0. The number of carbonyl (C=O) groups excluding carboxylic acids is 1. The fourth-order valence-electron chi connectivity index (χ4n) is 4.96. The van der Waals surface area contributed by atoms with Gasteiger partial charge in [0.25, 0.3) is 11.6 Å². The zero-order valence-electron chi connectivity index (χ0n) is 17.0. The summed E-state index contributed by atoms with van der Waals surface area (Å²) in [5.41, 5.74) is 0.839. The lowest BCUT2D eigenvalue weighted by Gasteiger charge is -2.34. The summed E-state index contributed by atoms with van der Waals surface area (Å²) in [5.74, 6) is -0.236. The van der Waals surface area contributed by atoms with Gasteiger partial charge in [-0.15, -0.1) is 0 Å². The van der Waals surface area contributed by atoms with Crippen LogP contribution in [-0.4, -0.2) is 47.1 Å². The summed E-state index contributed by atoms with van der Waals surface area (Å²) >= 11 is 0. The number of ether oxygens (including phenoxy) is 1. The Kier molecular flexibility index (Phi) is 6.33. The summed E-state index contributed by atoms with van der Waals surface area (Å²) < 4.78 is 6.41. The lowest BCUT2D eigenvalue weighted by atomic mass is 9.91. The van der Waals surface area contributed by atoms with Crippen LogP contribution in [-0.2, 0) is 4.74 Å². The lowest BCUT2D eigenvalue weighted by Crippen LogP contribution is -2.40. The molecule has 2 aliphatic carbocycles. The highest BCUT2D eigenvalue weighted by Crippen LogP contribution is 2.31. The van der Waals surface area contributed by atoms with Gasteiger partial charge in [-0.25, -0.2) is 0 Å². The molecule has 29 heavy (non-hydrogen) atoms. The van der Waals surface area contributed by atoms with Crippen LogP contribution in [0, 0.1) is 10.1 Å². The first kappa shape index (κ1) is 20.1. The van der Waals surface area contributed by atoms with Gasteiger partial charge >= 0.3 is 0 Å². The van der Waals surface area contributed by atoms with Gasteiger partial charge < -0.3 is 15.0 Å². The molecule has 0 radical (unpaired) electrons. The van der Waals surface area contributed by atoms with E-state index in [1.165, 1.54) is 25.3 Å². The van der Waals surface area contributed by atoms with Crippen LogP contribution in [0.2, 0.25) is 0 Å². The van der Waals surface area contributed by atoms with Crippen LogP contribution in [0.3, 0.4) is 0 Å². The number of nitrogens with zero attached hydrogens (tertiary/aromatic N) is 2. The molecular formula is C22H31N3O4. The van der Waals surface area contributed by atoms with Crippen molar-refractivity contribution in [1.82, 2.24) is 4.90 Å². The fraction of sp³-hybridized carbons (Fsp3) is 0.682. The highest BCUT2D eigenvalue weighted by Gasteiger charge is 2.31. The molecule has 2 saturated carbocycles. The van der Waals surface area contributed by atoms with Crippen molar-refractivity contribution in [1.29, 1.82) is 0 Å². The third-order valence-electron chi connectivity index (χ3n) is 6.54. The molecule has 3 aliphatic rings. The second-order valence-electron chi connectivity index (χ2n) is 8.60. The summed E-state index contributed by atoms with van der Waals surface area (Å²) in [7, 11) is 0. The molecule has 1 heterocycles. The van der Waals surface area contributed by atoms with E-state index in [4.69, 9.17) is 4.74 Å². The van der Waals surface area contributed by atoms with Crippen molar-refractivity contribution in [3.63, 3.8) is 0 Å². The molecular weight excluding hydrogens is 370 g/mol. The van der Waals surface area contributed by atoms with E-state index in [9.17, 15) is 14.9 Å². The summed E-state index contributed by atoms with van der Waals surface area (Å²) in [6.07, 6.45) is 11.6. The van der Waals surface area contributed by atoms with E-state index in [2.05, 4.69) is 5.32 Å². The molecule has 0 spiro atoms. The Balaban J connectivity index is 1.51. The zero-order chi connectivity index (χ0) is 20.2. The van der Waals surface area contributed by atoms with Crippen molar-refractivity contribution < 1.29 is 14.5 Å². The molecule has 1 aromatic carbocycles. The summed E-state index contributed by atoms with van der Waals surface area (Å²) in [6.45, 7) is 1.35. The van der Waals surface area contributed by atoms with E-state index in [0.717, 1.165) is 50.6 Å². The first-order valence-electron chi connectivity index (χ1n) is 11.1. The molecule has 7 heteroatoms. The molecule has 0 bridgehead atoms. The molecule has 2 atom stereocenters. The van der Waals surface area contributed by atoms with Crippen LogP contribution < -0.4 is 5.32 Å². The molecule has 2 unspecified atom stereocenters. The second kappa shape index (κ2) is 9.11. The molecule has 1 aliphatic heterocycles. The molecule has 7 nitrogen and oxygen atoms in total. The van der Waals surface area contributed by atoms with Crippen LogP contribution in [0.4, 0.5) is 11.4 Å². The minimum atomic E-state index is -0.459. The number of hydrogen-bond acceptors (Lipinski definition) is 5. The van der Waals surface area contributed by atoms with Crippen LogP contribution in [0.5, 0.6) is 0 Å². The van der Waals surface area contributed by atoms with Crippen LogP contribution in [0.1, 0.15) is 74.6 Å². The van der Waals surface area contributed by atoms with Gasteiger partial charge in [-0.05, 0) is 50.7 Å². The monoisotopic (exact) mass is 401 g/mol. The van der Waals surface area contributed by atoms with E-state index in [0.29, 0.717) is 19.2 Å². The van der Waals surface area contributed by atoms with Crippen LogP contribution >= 0.6 is 0 Å². The molecule has 4 rings (SSSR count). The quantitative estimate of drug-likeness (QED) is 0.560. The van der Waals surface area contributed by atoms with Gasteiger partial charge in [-0.1, -0.05) is 25.7 Å². The Morgan fingerprint density at radius 1 is 1.03 bits per heavy atom. The van der Waals surface area contributed by atoms with E-state index in [-0.39, 0.29) is 29.3 Å². The summed E-state index contributed by atoms with van der Waals surface area (Å²) in [6, 6.07) is 5.03. The normalized spacial score (nSPS) is 25.3. The molecule has 0 aromatic heterocycles. The molecule has 1 aromatic rings. The number of carbonyl (C=O) groups is 1. The number of rotatable bonds is 6. The number of amides is 1. The van der Waals surface area contributed by atoms with Crippen molar-refractivity contribution in [2.75, 3.05) is 18.4 Å². The number of nitrogens with one attached hydrogen (secondary N) is 1. The van der Waals surface area contributed by atoms with Gasteiger partial charge in [0.15, 0.2) is 0 Å². The second-order valence-corrected chi connectivity index (χ2v) is 8.60. The fourth-order valence-corrected chi connectivity index (χ4v) is 4.96. The van der Waals surface area contributed by atoms with Crippen molar-refractivity contribution in [3.05, 3.63) is 33.9 Å². The maximum absolute atomic E-state index is 12.9. The SMILES string of the molecule is O=C(c1cc(NC2CCCCC2OC2CCCC2)ccc1[N+](=O)[O-])N1CCCC1. The maximum atomic E-state index is 12.9. The highest BCUT2D eigenvalue weighted by molar-refractivity contribution is 5.99. The van der Waals surface area contributed by atoms with Crippen molar-refractivity contribution in [2.45, 2.75) is 82.5 Å². The Morgan fingerprint density at radius 2 is 1.72 bits per heavy atom. The minimum Gasteiger partial charge on any atom is -0.380 e. The van der Waals surface area contributed by atoms with Gasteiger partial charge in [0.2, 0.25) is 0 Å². The first-order valence-corrected chi connectivity index (χ1v) is 11.1. The number of anilines is 1. The summed E-state index contributed by atoms with van der Waals surface area (Å²) in [5, 5.41) is 15.0. The summed E-state index contributed by atoms with van der Waals surface area (Å²) in [4.78, 5) is 25.6. The topological polar surface area (TPSA) is 84.7 Å². The van der Waals surface area contributed by atoms with E-state index >= 15 is 0 Å². The average Bonchev–Trinajstić information content (AvgIpc) is 3.43. The Morgan fingerprint density at radius 3 is 2.45 bits per heavy atom. The molecule has 158 valence electrons. The third-order valence-corrected chi connectivity index (χ3v) is 6.54. The minimum absolute atomic E-state index is 0.116. The maximum Gasteiger partial charge on any atom is 0.282 e. The molecule has 3 fully saturated rings. The van der Waals surface area contributed by atoms with E-state index < -0.39 is 4.92 Å². The van der Waals surface area contributed by atoms with Crippen LogP contribution in [0.15, 0.2) is 18.2 Å². The lowest BCUT2D eigenvalue weighted by molar-refractivity contribution is -0.385. The number of nitro groups is 1. The third kappa shape index (κ3) is 4.71. The van der Waals surface area contributed by atoms with E-state index in [1.54, 1.807) is 17.0 Å².